The van der Waals surface area contributed by atoms with Gasteiger partial charge in [0.05, 0.1) is 75.1 Å². The lowest BCUT2D eigenvalue weighted by atomic mass is 9.84. The summed E-state index contributed by atoms with van der Waals surface area (Å²) < 4.78 is 43.9. The predicted octanol–water partition coefficient (Wildman–Crippen LogP) is 12.2. The van der Waals surface area contributed by atoms with Crippen LogP contribution in [0.3, 0.4) is 0 Å². The van der Waals surface area contributed by atoms with E-state index in [0.29, 0.717) is 32.4 Å². The van der Waals surface area contributed by atoms with Gasteiger partial charge in [-0.05, 0) is 98.5 Å². The van der Waals surface area contributed by atoms with Gasteiger partial charge in [-0.2, -0.15) is 0 Å². The molecule has 2 aliphatic heterocycles. The minimum atomic E-state index is 0.202. The third-order valence-corrected chi connectivity index (χ3v) is 13.3. The lowest BCUT2D eigenvalue weighted by Gasteiger charge is -2.40. The van der Waals surface area contributed by atoms with E-state index in [-0.39, 0.29) is 10.8 Å². The first-order valence-corrected chi connectivity index (χ1v) is 23.7. The van der Waals surface area contributed by atoms with Crippen molar-refractivity contribution in [3.8, 4) is 17.2 Å². The van der Waals surface area contributed by atoms with Crippen molar-refractivity contribution in [2.45, 2.75) is 72.0 Å². The SMILES string of the molecule is CCC1(COCCCCCOCc2ccc3c(c2)c2cc4oc5ccc(COCCCCCOCC6(C)COC6)cc5c4cc2n3-c2nc(-c3ccccc3)c3ccccc3n2)COC1. The second kappa shape index (κ2) is 19.7. The molecule has 5 aromatic carbocycles. The maximum absolute atomic E-state index is 6.58. The Morgan fingerprint density at radius 3 is 1.88 bits per heavy atom. The van der Waals surface area contributed by atoms with Gasteiger partial charge in [-0.15, -0.1) is 0 Å². The van der Waals surface area contributed by atoms with Crippen molar-refractivity contribution in [2.24, 2.45) is 10.8 Å². The van der Waals surface area contributed by atoms with Crippen molar-refractivity contribution in [1.29, 1.82) is 0 Å². The molecule has 0 saturated carbocycles. The quantitative estimate of drug-likeness (QED) is 0.0582. The Morgan fingerprint density at radius 2 is 1.18 bits per heavy atom. The van der Waals surface area contributed by atoms with Crippen molar-refractivity contribution in [3.63, 3.8) is 0 Å². The number of unbranched alkanes of at least 4 members (excludes halogenated alkanes) is 4. The van der Waals surface area contributed by atoms with Crippen LogP contribution < -0.4 is 0 Å². The van der Waals surface area contributed by atoms with E-state index >= 15 is 0 Å². The molecular weight excluding hydrogens is 815 g/mol. The molecule has 0 atom stereocenters. The number of para-hydroxylation sites is 1. The van der Waals surface area contributed by atoms with Crippen LogP contribution in [0.15, 0.2) is 108 Å². The van der Waals surface area contributed by atoms with Crippen LogP contribution in [0.4, 0.5) is 0 Å². The molecule has 0 N–H and O–H groups in total. The van der Waals surface area contributed by atoms with E-state index in [2.05, 4.69) is 109 Å². The maximum Gasteiger partial charge on any atom is 0.235 e. The van der Waals surface area contributed by atoms with Gasteiger partial charge < -0.3 is 32.8 Å². The molecule has 2 saturated heterocycles. The number of ether oxygens (including phenoxy) is 6. The van der Waals surface area contributed by atoms with Crippen LogP contribution in [0.1, 0.15) is 69.9 Å². The zero-order chi connectivity index (χ0) is 44.1. The number of hydrogen-bond acceptors (Lipinski definition) is 9. The van der Waals surface area contributed by atoms with E-state index in [1.54, 1.807) is 0 Å². The van der Waals surface area contributed by atoms with Crippen molar-refractivity contribution in [3.05, 3.63) is 114 Å². The van der Waals surface area contributed by atoms with E-state index in [0.717, 1.165) is 175 Å². The van der Waals surface area contributed by atoms with Crippen LogP contribution in [0.5, 0.6) is 0 Å². The molecule has 0 radical (unpaired) electrons. The lowest BCUT2D eigenvalue weighted by molar-refractivity contribution is -0.150. The molecule has 0 unspecified atom stereocenters. The summed E-state index contributed by atoms with van der Waals surface area (Å²) in [4.78, 5) is 10.6. The van der Waals surface area contributed by atoms with Gasteiger partial charge in [0.1, 0.15) is 11.2 Å². The highest BCUT2D eigenvalue weighted by atomic mass is 16.5. The normalized spacial score (nSPS) is 15.7. The van der Waals surface area contributed by atoms with Gasteiger partial charge in [-0.3, -0.25) is 4.57 Å². The average Bonchev–Trinajstić information content (AvgIpc) is 3.83. The summed E-state index contributed by atoms with van der Waals surface area (Å²) in [5, 5.41) is 5.29. The molecule has 2 fully saturated rings. The molecule has 338 valence electrons. The summed E-state index contributed by atoms with van der Waals surface area (Å²) in [5.74, 6) is 0.622. The summed E-state index contributed by atoms with van der Waals surface area (Å²) in [6.45, 7) is 13.4. The summed E-state index contributed by atoms with van der Waals surface area (Å²) in [5.41, 5.74) is 9.24. The smallest absolute Gasteiger partial charge is 0.235 e. The van der Waals surface area contributed by atoms with Crippen LogP contribution in [0.25, 0.3) is 71.9 Å². The molecule has 0 aliphatic carbocycles. The second-order valence-electron chi connectivity index (χ2n) is 18.7. The maximum atomic E-state index is 6.58. The van der Waals surface area contributed by atoms with Crippen molar-refractivity contribution in [2.75, 3.05) is 66.1 Å². The fourth-order valence-electron chi connectivity index (χ4n) is 9.23. The molecule has 10 nitrogen and oxygen atoms in total. The molecule has 65 heavy (non-hydrogen) atoms. The van der Waals surface area contributed by atoms with Crippen LogP contribution in [0, 0.1) is 10.8 Å². The number of aromatic nitrogens is 3. The van der Waals surface area contributed by atoms with Gasteiger partial charge in [0, 0.05) is 69.8 Å². The van der Waals surface area contributed by atoms with Crippen molar-refractivity contribution < 1.29 is 32.8 Å². The predicted molar refractivity (Wildman–Crippen MR) is 258 cm³/mol. The van der Waals surface area contributed by atoms with E-state index in [4.69, 9.17) is 42.8 Å². The highest BCUT2D eigenvalue weighted by Crippen LogP contribution is 2.40. The largest absolute Gasteiger partial charge is 0.456 e. The van der Waals surface area contributed by atoms with Gasteiger partial charge in [0.25, 0.3) is 0 Å². The molecule has 8 aromatic rings. The Bertz CT molecular complexity index is 2870. The van der Waals surface area contributed by atoms with Gasteiger partial charge in [0.2, 0.25) is 5.95 Å². The van der Waals surface area contributed by atoms with Gasteiger partial charge in [0.15, 0.2) is 0 Å². The Balaban J connectivity index is 0.892. The summed E-state index contributed by atoms with van der Waals surface area (Å²) >= 11 is 0. The number of rotatable bonds is 23. The minimum Gasteiger partial charge on any atom is -0.456 e. The molecule has 0 spiro atoms. The van der Waals surface area contributed by atoms with Crippen LogP contribution in [-0.2, 0) is 41.6 Å². The van der Waals surface area contributed by atoms with E-state index < -0.39 is 0 Å². The third-order valence-electron chi connectivity index (χ3n) is 13.3. The molecule has 5 heterocycles. The molecule has 3 aromatic heterocycles. The highest BCUT2D eigenvalue weighted by molar-refractivity contribution is 6.17. The molecule has 10 rings (SSSR count). The third kappa shape index (κ3) is 9.57. The summed E-state index contributed by atoms with van der Waals surface area (Å²) in [6, 6.07) is 36.1. The minimum absolute atomic E-state index is 0.202. The van der Waals surface area contributed by atoms with Crippen molar-refractivity contribution in [1.82, 2.24) is 14.5 Å². The topological polar surface area (TPSA) is 99.2 Å². The number of furan rings is 1. The van der Waals surface area contributed by atoms with Gasteiger partial charge in [-0.25, -0.2) is 9.97 Å². The second-order valence-corrected chi connectivity index (χ2v) is 18.7. The van der Waals surface area contributed by atoms with Crippen LogP contribution in [-0.4, -0.2) is 80.6 Å². The van der Waals surface area contributed by atoms with Crippen molar-refractivity contribution >= 4 is 54.6 Å². The Kier molecular flexibility index (Phi) is 13.3. The Morgan fingerprint density at radius 1 is 0.554 bits per heavy atom. The molecule has 0 amide bonds. The first-order valence-electron chi connectivity index (χ1n) is 23.7. The molecular formula is C55H61N3O7. The highest BCUT2D eigenvalue weighted by Gasteiger charge is 2.37. The monoisotopic (exact) mass is 875 g/mol. The fraction of sp³-hybridized carbons (Fsp3) is 0.418. The Labute approximate surface area is 381 Å². The number of hydrogen-bond donors (Lipinski definition) is 0. The lowest BCUT2D eigenvalue weighted by Crippen LogP contribution is -2.45. The number of fused-ring (bicyclic) bond motifs is 7. The van der Waals surface area contributed by atoms with Crippen LogP contribution in [0.2, 0.25) is 0 Å². The fourth-order valence-corrected chi connectivity index (χ4v) is 9.23. The average molecular weight is 876 g/mol. The first-order chi connectivity index (χ1) is 32.0. The molecule has 2 aliphatic rings. The standard InChI is InChI=1S/C55H61N3O7/c1-3-55(37-64-38-55)36-62-26-14-6-12-23-59-31-39-19-21-48-43(27-39)44-30-51-46(29-49(44)58(48)53-56-47-18-10-9-17-42(47)52(57-53)41-15-7-4-8-16-41)45-28-40(20-22-50(45)65-51)32-60-24-11-5-13-25-61-33-54(2)34-63-35-54/h4,7-10,15-22,27-30H,3,5-6,11-14,23-26,31-38H2,1-2H3. The zero-order valence-corrected chi connectivity index (χ0v) is 37.9. The van der Waals surface area contributed by atoms with Crippen LogP contribution >= 0.6 is 0 Å². The molecule has 10 heteroatoms. The number of benzene rings is 5. The van der Waals surface area contributed by atoms with E-state index in [1.807, 2.05) is 12.1 Å². The first kappa shape index (κ1) is 43.7. The van der Waals surface area contributed by atoms with E-state index in [9.17, 15) is 0 Å². The van der Waals surface area contributed by atoms with Gasteiger partial charge in [-0.1, -0.05) is 74.5 Å². The molecule has 0 bridgehead atoms. The zero-order valence-electron chi connectivity index (χ0n) is 37.9. The van der Waals surface area contributed by atoms with E-state index in [1.165, 1.54) is 0 Å². The number of nitrogens with zero attached hydrogens (tertiary/aromatic N) is 3. The van der Waals surface area contributed by atoms with Gasteiger partial charge >= 0.3 is 0 Å². The Hall–Kier alpha value is -5.20. The summed E-state index contributed by atoms with van der Waals surface area (Å²) in [6.07, 6.45) is 7.35. The summed E-state index contributed by atoms with van der Waals surface area (Å²) in [7, 11) is 0.